The number of benzene rings is 2. The number of rotatable bonds is 8. The molecule has 214 valence electrons. The highest BCUT2D eigenvalue weighted by Gasteiger charge is 2.62. The monoisotopic (exact) mass is 559 g/mol. The third-order valence-corrected chi connectivity index (χ3v) is 12.7. The van der Waals surface area contributed by atoms with Crippen LogP contribution < -0.4 is 10.4 Å². The first-order chi connectivity index (χ1) is 18.1. The fourth-order valence-corrected chi connectivity index (χ4v) is 10.2. The maximum Gasteiger partial charge on any atom is 0.295 e. The summed E-state index contributed by atoms with van der Waals surface area (Å²) in [5.74, 6) is -2.07. The number of nitrogens with zero attached hydrogens (tertiary/aromatic N) is 1. The molecule has 4 rings (SSSR count). The highest BCUT2D eigenvalue weighted by Crippen LogP contribution is 2.40. The molecule has 9 nitrogen and oxygen atoms in total. The first kappa shape index (κ1) is 29.8. The summed E-state index contributed by atoms with van der Waals surface area (Å²) in [4.78, 5) is 11.8. The lowest BCUT2D eigenvalue weighted by Gasteiger charge is -2.44. The van der Waals surface area contributed by atoms with E-state index >= 15 is 0 Å². The summed E-state index contributed by atoms with van der Waals surface area (Å²) in [5.41, 5.74) is -1.92. The Morgan fingerprint density at radius 3 is 1.87 bits per heavy atom. The first-order valence-electron chi connectivity index (χ1n) is 13.3. The van der Waals surface area contributed by atoms with Gasteiger partial charge in [0, 0.05) is 4.92 Å². The molecular weight excluding hydrogens is 518 g/mol. The van der Waals surface area contributed by atoms with Gasteiger partial charge in [-0.25, -0.2) is 0 Å². The van der Waals surface area contributed by atoms with Crippen LogP contribution in [0, 0.1) is 10.1 Å². The van der Waals surface area contributed by atoms with Crippen LogP contribution in [0.25, 0.3) is 0 Å². The molecular formula is C29H41NO8Si. The molecule has 10 heteroatoms. The summed E-state index contributed by atoms with van der Waals surface area (Å²) < 4.78 is 30.7. The number of aliphatic hydroxyl groups is 1. The van der Waals surface area contributed by atoms with Gasteiger partial charge in [-0.15, -0.1) is 0 Å². The van der Waals surface area contributed by atoms with E-state index in [0.717, 1.165) is 10.4 Å². The molecule has 2 aliphatic heterocycles. The maximum atomic E-state index is 12.3. The fourth-order valence-electron chi connectivity index (χ4n) is 5.60. The molecule has 0 aromatic heterocycles. The van der Waals surface area contributed by atoms with E-state index in [1.165, 1.54) is 0 Å². The topological polar surface area (TPSA) is 110 Å². The average molecular weight is 560 g/mol. The summed E-state index contributed by atoms with van der Waals surface area (Å²) >= 11 is 0. The van der Waals surface area contributed by atoms with E-state index in [1.54, 1.807) is 27.7 Å². The fraction of sp³-hybridized carbons (Fsp3) is 0.586. The summed E-state index contributed by atoms with van der Waals surface area (Å²) in [6.07, 6.45) is -3.39. The highest BCUT2D eigenvalue weighted by atomic mass is 28.4. The van der Waals surface area contributed by atoms with Gasteiger partial charge in [0.1, 0.15) is 25.4 Å². The average Bonchev–Trinajstić information content (AvgIpc) is 3.19. The lowest BCUT2D eigenvalue weighted by atomic mass is 9.88. The number of hydrogen-bond acceptors (Lipinski definition) is 8. The second-order valence-electron chi connectivity index (χ2n) is 12.4. The van der Waals surface area contributed by atoms with Crippen LogP contribution in [0.3, 0.4) is 0 Å². The Bertz CT molecular complexity index is 1090. The molecule has 2 saturated heterocycles. The van der Waals surface area contributed by atoms with Crippen LogP contribution in [0.1, 0.15) is 48.5 Å². The molecule has 39 heavy (non-hydrogen) atoms. The van der Waals surface area contributed by atoms with Crippen molar-refractivity contribution in [2.75, 3.05) is 19.8 Å². The molecule has 2 fully saturated rings. The van der Waals surface area contributed by atoms with Crippen LogP contribution >= 0.6 is 0 Å². The smallest absolute Gasteiger partial charge is 0.295 e. The lowest BCUT2D eigenvalue weighted by Crippen LogP contribution is -2.68. The summed E-state index contributed by atoms with van der Waals surface area (Å²) in [6.45, 7) is 12.7. The van der Waals surface area contributed by atoms with Gasteiger partial charge in [-0.2, -0.15) is 0 Å². The van der Waals surface area contributed by atoms with Crippen LogP contribution in [-0.4, -0.2) is 73.6 Å². The SMILES string of the molecule is CC1(C)OCC([C@H](O)[C@@H]2OC(C)(C)O[C@@H]2CO[Si](c2ccccc2)(c2ccccc2)C(C)(C)C)([N+](=O)[O-])CO1. The van der Waals surface area contributed by atoms with Gasteiger partial charge in [-0.05, 0) is 43.1 Å². The van der Waals surface area contributed by atoms with Gasteiger partial charge < -0.3 is 28.5 Å². The minimum Gasteiger partial charge on any atom is -0.405 e. The molecule has 2 aromatic rings. The van der Waals surface area contributed by atoms with E-state index in [-0.39, 0.29) is 24.9 Å². The van der Waals surface area contributed by atoms with E-state index in [4.69, 9.17) is 23.4 Å². The Labute approximate surface area is 231 Å². The zero-order valence-corrected chi connectivity index (χ0v) is 24.9. The van der Waals surface area contributed by atoms with Gasteiger partial charge in [-0.1, -0.05) is 81.4 Å². The van der Waals surface area contributed by atoms with Gasteiger partial charge in [0.15, 0.2) is 17.7 Å². The normalized spacial score (nSPS) is 25.2. The van der Waals surface area contributed by atoms with Gasteiger partial charge in [0.2, 0.25) is 0 Å². The highest BCUT2D eigenvalue weighted by molar-refractivity contribution is 6.99. The largest absolute Gasteiger partial charge is 0.405 e. The van der Waals surface area contributed by atoms with Crippen molar-refractivity contribution in [2.45, 2.75) is 88.9 Å². The molecule has 0 bridgehead atoms. The van der Waals surface area contributed by atoms with Crippen molar-refractivity contribution in [2.24, 2.45) is 0 Å². The van der Waals surface area contributed by atoms with Crippen LogP contribution in [0.15, 0.2) is 60.7 Å². The molecule has 2 aromatic carbocycles. The van der Waals surface area contributed by atoms with E-state index < -0.39 is 48.7 Å². The number of nitro groups is 1. The lowest BCUT2D eigenvalue weighted by molar-refractivity contribution is -0.610. The molecule has 0 unspecified atom stereocenters. The Kier molecular flexibility index (Phi) is 8.14. The zero-order valence-electron chi connectivity index (χ0n) is 23.9. The minimum atomic E-state index is -2.93. The Hall–Kier alpha value is -2.18. The molecule has 1 N–H and O–H groups in total. The molecule has 2 aliphatic rings. The number of aliphatic hydroxyl groups excluding tert-OH is 1. The predicted molar refractivity (Wildman–Crippen MR) is 149 cm³/mol. The van der Waals surface area contributed by atoms with E-state index in [0.29, 0.717) is 0 Å². The third kappa shape index (κ3) is 5.69. The molecule has 3 atom stereocenters. The second kappa shape index (κ2) is 10.7. The van der Waals surface area contributed by atoms with E-state index in [1.807, 2.05) is 36.4 Å². The second-order valence-corrected chi connectivity index (χ2v) is 16.7. The standard InChI is InChI=1S/C29H41NO8Si/c1-26(2,3)39(21-14-10-8-11-15-21,22-16-12-9-13-17-22)36-18-23-24(38-28(6,7)37-23)25(31)29(30(32)33)19-34-27(4,5)35-20-29/h8-17,23-25,31H,18-20H2,1-7H3/t23-,24-,25-/m1/s1. The zero-order chi connectivity index (χ0) is 28.7. The van der Waals surface area contributed by atoms with Crippen LogP contribution in [0.5, 0.6) is 0 Å². The van der Waals surface area contributed by atoms with Crippen LogP contribution in [-0.2, 0) is 23.4 Å². The summed E-state index contributed by atoms with van der Waals surface area (Å²) in [6, 6.07) is 20.3. The van der Waals surface area contributed by atoms with Crippen molar-refractivity contribution in [1.29, 1.82) is 0 Å². The van der Waals surface area contributed by atoms with Gasteiger partial charge in [0.05, 0.1) is 6.61 Å². The number of hydrogen-bond donors (Lipinski definition) is 1. The van der Waals surface area contributed by atoms with Gasteiger partial charge in [0.25, 0.3) is 13.9 Å². The summed E-state index contributed by atoms with van der Waals surface area (Å²) in [7, 11) is -2.93. The van der Waals surface area contributed by atoms with Crippen molar-refractivity contribution in [3.05, 3.63) is 70.8 Å². The molecule has 0 amide bonds. The maximum absolute atomic E-state index is 12.3. The molecule has 0 aliphatic carbocycles. The van der Waals surface area contributed by atoms with Crippen molar-refractivity contribution in [1.82, 2.24) is 0 Å². The van der Waals surface area contributed by atoms with E-state index in [2.05, 4.69) is 45.0 Å². The first-order valence-corrected chi connectivity index (χ1v) is 15.3. The predicted octanol–water partition coefficient (Wildman–Crippen LogP) is 3.24. The molecule has 0 saturated carbocycles. The summed E-state index contributed by atoms with van der Waals surface area (Å²) in [5, 5.41) is 25.8. The van der Waals surface area contributed by atoms with Crippen LogP contribution in [0.2, 0.25) is 5.04 Å². The van der Waals surface area contributed by atoms with Gasteiger partial charge in [-0.3, -0.25) is 10.1 Å². The quantitative estimate of drug-likeness (QED) is 0.298. The third-order valence-electron chi connectivity index (χ3n) is 7.67. The molecule has 0 spiro atoms. The Morgan fingerprint density at radius 1 is 0.949 bits per heavy atom. The molecule has 2 heterocycles. The Balaban J connectivity index is 1.70. The Morgan fingerprint density at radius 2 is 1.44 bits per heavy atom. The minimum absolute atomic E-state index is 0.0689. The van der Waals surface area contributed by atoms with Crippen molar-refractivity contribution in [3.63, 3.8) is 0 Å². The van der Waals surface area contributed by atoms with E-state index in [9.17, 15) is 15.2 Å². The number of ether oxygens (including phenoxy) is 4. The van der Waals surface area contributed by atoms with Gasteiger partial charge >= 0.3 is 0 Å². The van der Waals surface area contributed by atoms with Crippen molar-refractivity contribution < 1.29 is 33.4 Å². The van der Waals surface area contributed by atoms with Crippen molar-refractivity contribution in [3.8, 4) is 0 Å². The van der Waals surface area contributed by atoms with Crippen LogP contribution in [0.4, 0.5) is 0 Å². The van der Waals surface area contributed by atoms with Crippen molar-refractivity contribution >= 4 is 18.7 Å². The molecule has 0 radical (unpaired) electrons.